The first-order valence-corrected chi connectivity index (χ1v) is 15.7. The van der Waals surface area contributed by atoms with Crippen LogP contribution in [0.1, 0.15) is 58.1 Å². The highest BCUT2D eigenvalue weighted by molar-refractivity contribution is 6.31. The van der Waals surface area contributed by atoms with E-state index in [1.165, 1.54) is 5.56 Å². The largest absolute Gasteiger partial charge is 0.494 e. The minimum absolute atomic E-state index is 0.105. The van der Waals surface area contributed by atoms with Crippen LogP contribution in [0.5, 0.6) is 17.2 Å². The lowest BCUT2D eigenvalue weighted by Gasteiger charge is -2.33. The first kappa shape index (κ1) is 29.0. The molecule has 2 saturated heterocycles. The lowest BCUT2D eigenvalue weighted by atomic mass is 9.89. The molecule has 0 saturated carbocycles. The molecular formula is C34H36ClN3O6. The molecule has 1 N–H and O–H groups in total. The van der Waals surface area contributed by atoms with Gasteiger partial charge in [0, 0.05) is 29.2 Å². The second-order valence-corrected chi connectivity index (χ2v) is 12.2. The molecule has 2 fully saturated rings. The van der Waals surface area contributed by atoms with Crippen molar-refractivity contribution in [3.05, 3.63) is 81.6 Å². The molecule has 9 nitrogen and oxygen atoms in total. The van der Waals surface area contributed by atoms with Crippen molar-refractivity contribution in [3.63, 3.8) is 0 Å². The molecule has 0 amide bonds. The van der Waals surface area contributed by atoms with Crippen LogP contribution < -0.4 is 14.2 Å². The number of para-hydroxylation sites is 1. The van der Waals surface area contributed by atoms with Crippen molar-refractivity contribution in [2.45, 2.75) is 57.4 Å². The van der Waals surface area contributed by atoms with E-state index in [9.17, 15) is 9.90 Å². The lowest BCUT2D eigenvalue weighted by Crippen LogP contribution is -2.35. The zero-order chi connectivity index (χ0) is 30.2. The monoisotopic (exact) mass is 617 g/mol. The number of ether oxygens (including phenoxy) is 4. The molecule has 0 spiro atoms. The van der Waals surface area contributed by atoms with Crippen molar-refractivity contribution in [1.29, 1.82) is 0 Å². The predicted molar refractivity (Wildman–Crippen MR) is 166 cm³/mol. The topological polar surface area (TPSA) is 95.3 Å². The average molecular weight is 618 g/mol. The SMILES string of the molecule is COc1cc(C(=O)O)cc2c1nc(CN1CCC(c3ccccc3OCc3ccc(Cl)c4c3OCC4)CC1)n2CC1CCO1. The van der Waals surface area contributed by atoms with E-state index in [1.807, 2.05) is 18.2 Å². The number of hydrogen-bond acceptors (Lipinski definition) is 7. The molecule has 3 aliphatic rings. The maximum Gasteiger partial charge on any atom is 0.335 e. The second kappa shape index (κ2) is 12.3. The number of methoxy groups -OCH3 is 1. The molecule has 3 aromatic carbocycles. The van der Waals surface area contributed by atoms with E-state index in [0.29, 0.717) is 43.5 Å². The van der Waals surface area contributed by atoms with Gasteiger partial charge in [0.2, 0.25) is 0 Å². The minimum Gasteiger partial charge on any atom is -0.494 e. The fraction of sp³-hybridized carbons (Fsp3) is 0.412. The summed E-state index contributed by atoms with van der Waals surface area (Å²) in [6, 6.07) is 15.5. The van der Waals surface area contributed by atoms with Crippen LogP contribution in [0.3, 0.4) is 0 Å². The fourth-order valence-corrected chi connectivity index (χ4v) is 6.86. The summed E-state index contributed by atoms with van der Waals surface area (Å²) in [4.78, 5) is 19.2. The number of imidazole rings is 1. The molecule has 10 heteroatoms. The van der Waals surface area contributed by atoms with Gasteiger partial charge in [0.25, 0.3) is 0 Å². The van der Waals surface area contributed by atoms with Gasteiger partial charge >= 0.3 is 5.97 Å². The number of aromatic carboxylic acids is 1. The van der Waals surface area contributed by atoms with Crippen molar-refractivity contribution in [1.82, 2.24) is 14.5 Å². The fourth-order valence-electron chi connectivity index (χ4n) is 6.62. The molecule has 7 rings (SSSR count). The molecule has 3 aliphatic heterocycles. The summed E-state index contributed by atoms with van der Waals surface area (Å²) in [6.07, 6.45) is 3.92. The summed E-state index contributed by atoms with van der Waals surface area (Å²) < 4.78 is 25.7. The number of carboxylic acid groups (broad SMARTS) is 1. The van der Waals surface area contributed by atoms with Crippen LogP contribution in [0.15, 0.2) is 48.5 Å². The van der Waals surface area contributed by atoms with Gasteiger partial charge in [-0.2, -0.15) is 0 Å². The quantitative estimate of drug-likeness (QED) is 0.229. The molecule has 0 aliphatic carbocycles. The van der Waals surface area contributed by atoms with E-state index >= 15 is 0 Å². The molecule has 1 unspecified atom stereocenters. The predicted octanol–water partition coefficient (Wildman–Crippen LogP) is 6.08. The molecule has 1 aromatic heterocycles. The van der Waals surface area contributed by atoms with Gasteiger partial charge in [0.15, 0.2) is 0 Å². The molecular weight excluding hydrogens is 582 g/mol. The normalized spacial score (nSPS) is 18.5. The van der Waals surface area contributed by atoms with Crippen LogP contribution in [0, 0.1) is 0 Å². The number of nitrogens with zero attached hydrogens (tertiary/aromatic N) is 3. The first-order chi connectivity index (χ1) is 21.5. The molecule has 1 atom stereocenters. The summed E-state index contributed by atoms with van der Waals surface area (Å²) in [6.45, 7) is 4.98. The highest BCUT2D eigenvalue weighted by Gasteiger charge is 2.28. The van der Waals surface area contributed by atoms with E-state index < -0.39 is 5.97 Å². The summed E-state index contributed by atoms with van der Waals surface area (Å²) >= 11 is 6.38. The maximum atomic E-state index is 11.8. The standard InChI is InChI=1S/C34H36ClN3O6/c1-41-30-17-23(34(39)40)16-28-32(30)36-31(38(28)18-24-10-14-42-24)19-37-12-8-21(9-13-37)25-4-2-3-5-29(25)44-20-22-6-7-27(35)26-11-15-43-33(22)26/h2-7,16-17,21,24H,8-15,18-20H2,1H3,(H,39,40). The number of rotatable bonds is 10. The van der Waals surface area contributed by atoms with Gasteiger partial charge < -0.3 is 28.6 Å². The number of aromatic nitrogens is 2. The molecule has 0 bridgehead atoms. The second-order valence-electron chi connectivity index (χ2n) is 11.8. The van der Waals surface area contributed by atoms with Crippen molar-refractivity contribution in [2.75, 3.05) is 33.4 Å². The smallest absolute Gasteiger partial charge is 0.335 e. The summed E-state index contributed by atoms with van der Waals surface area (Å²) in [5.74, 6) is 2.55. The van der Waals surface area contributed by atoms with Crippen LogP contribution in [-0.4, -0.2) is 65.0 Å². The third-order valence-electron chi connectivity index (χ3n) is 9.12. The summed E-state index contributed by atoms with van der Waals surface area (Å²) in [5, 5.41) is 10.5. The van der Waals surface area contributed by atoms with E-state index in [4.69, 9.17) is 35.5 Å². The Kier molecular flexibility index (Phi) is 8.10. The van der Waals surface area contributed by atoms with Crippen LogP contribution >= 0.6 is 11.6 Å². The third kappa shape index (κ3) is 5.60. The van der Waals surface area contributed by atoms with Gasteiger partial charge in [-0.3, -0.25) is 4.90 Å². The molecule has 4 aromatic rings. The molecule has 44 heavy (non-hydrogen) atoms. The Hall–Kier alpha value is -3.79. The highest BCUT2D eigenvalue weighted by atomic mass is 35.5. The Bertz CT molecular complexity index is 1690. The average Bonchev–Trinajstić information content (AvgIpc) is 3.65. The highest BCUT2D eigenvalue weighted by Crippen LogP contribution is 2.38. The van der Waals surface area contributed by atoms with Crippen LogP contribution in [0.25, 0.3) is 11.0 Å². The van der Waals surface area contributed by atoms with Crippen molar-refractivity contribution < 1.29 is 28.8 Å². The number of halogens is 1. The van der Waals surface area contributed by atoms with Gasteiger partial charge in [-0.25, -0.2) is 9.78 Å². The van der Waals surface area contributed by atoms with E-state index in [0.717, 1.165) is 84.4 Å². The molecule has 0 radical (unpaired) electrons. The number of benzene rings is 3. The van der Waals surface area contributed by atoms with Crippen molar-refractivity contribution in [3.8, 4) is 17.2 Å². The van der Waals surface area contributed by atoms with E-state index in [-0.39, 0.29) is 11.7 Å². The minimum atomic E-state index is -0.990. The number of carbonyl (C=O) groups is 1. The zero-order valence-electron chi connectivity index (χ0n) is 24.8. The molecule has 4 heterocycles. The van der Waals surface area contributed by atoms with Crippen LogP contribution in [-0.2, 0) is 30.9 Å². The maximum absolute atomic E-state index is 11.8. The Balaban J connectivity index is 1.06. The van der Waals surface area contributed by atoms with Gasteiger partial charge in [0.05, 0.1) is 44.0 Å². The lowest BCUT2D eigenvalue weighted by molar-refractivity contribution is -0.0592. The Morgan fingerprint density at radius 3 is 2.66 bits per heavy atom. The van der Waals surface area contributed by atoms with E-state index in [2.05, 4.69) is 27.7 Å². The van der Waals surface area contributed by atoms with Crippen LogP contribution in [0.2, 0.25) is 5.02 Å². The Morgan fingerprint density at radius 2 is 1.91 bits per heavy atom. The number of carboxylic acids is 1. The summed E-state index contributed by atoms with van der Waals surface area (Å²) in [7, 11) is 1.55. The van der Waals surface area contributed by atoms with Crippen molar-refractivity contribution in [2.24, 2.45) is 0 Å². The van der Waals surface area contributed by atoms with Crippen molar-refractivity contribution >= 4 is 28.6 Å². The third-order valence-corrected chi connectivity index (χ3v) is 9.48. The van der Waals surface area contributed by atoms with Gasteiger partial charge in [-0.05, 0) is 68.1 Å². The number of piperidine rings is 1. The zero-order valence-corrected chi connectivity index (χ0v) is 25.5. The number of likely N-dealkylation sites (tertiary alicyclic amines) is 1. The van der Waals surface area contributed by atoms with Crippen LogP contribution in [0.4, 0.5) is 0 Å². The number of fused-ring (bicyclic) bond motifs is 2. The summed E-state index contributed by atoms with van der Waals surface area (Å²) in [5.41, 5.74) is 4.97. The number of hydrogen-bond donors (Lipinski definition) is 1. The Morgan fingerprint density at radius 1 is 1.09 bits per heavy atom. The van der Waals surface area contributed by atoms with E-state index in [1.54, 1.807) is 19.2 Å². The Labute approximate surface area is 261 Å². The molecule has 230 valence electrons. The van der Waals surface area contributed by atoms with Gasteiger partial charge in [0.1, 0.15) is 35.2 Å². The van der Waals surface area contributed by atoms with Gasteiger partial charge in [-0.15, -0.1) is 0 Å². The van der Waals surface area contributed by atoms with Gasteiger partial charge in [-0.1, -0.05) is 35.9 Å². The first-order valence-electron chi connectivity index (χ1n) is 15.3.